The molecule has 1 rings (SSSR count). The van der Waals surface area contributed by atoms with Crippen molar-refractivity contribution < 1.29 is 18.3 Å². The molecule has 8 heteroatoms. The molecular weight excluding hydrogens is 294 g/mol. The molecule has 0 aliphatic heterocycles. The van der Waals surface area contributed by atoms with E-state index in [2.05, 4.69) is 16.0 Å². The molecule has 0 spiro atoms. The van der Waals surface area contributed by atoms with Crippen molar-refractivity contribution in [2.45, 2.75) is 18.2 Å². The highest BCUT2D eigenvalue weighted by atomic mass is 32.2. The Kier molecular flexibility index (Phi) is 5.29. The van der Waals surface area contributed by atoms with Crippen molar-refractivity contribution in [1.29, 1.82) is 0 Å². The van der Waals surface area contributed by atoms with E-state index in [0.717, 1.165) is 6.07 Å². The first-order valence-corrected chi connectivity index (χ1v) is 7.33. The van der Waals surface area contributed by atoms with E-state index in [-0.39, 0.29) is 5.56 Å². The first-order valence-electron chi connectivity index (χ1n) is 5.89. The third kappa shape index (κ3) is 3.50. The summed E-state index contributed by atoms with van der Waals surface area (Å²) in [6, 6.07) is 3.99. The summed E-state index contributed by atoms with van der Waals surface area (Å²) >= 11 is 0. The van der Waals surface area contributed by atoms with E-state index in [4.69, 9.17) is 10.6 Å². The summed E-state index contributed by atoms with van der Waals surface area (Å²) in [6.07, 6.45) is 3.71. The number of hydrogen-bond donors (Lipinski definition) is 1. The molecule has 1 aromatic rings. The van der Waals surface area contributed by atoms with Crippen LogP contribution in [-0.2, 0) is 10.0 Å². The Bertz CT molecular complexity index is 760. The second-order valence-electron chi connectivity index (χ2n) is 3.91. The molecule has 110 valence electrons. The lowest BCUT2D eigenvalue weighted by atomic mass is 10.0. The summed E-state index contributed by atoms with van der Waals surface area (Å²) in [5, 5.41) is 9.16. The molecule has 0 heterocycles. The molecule has 0 fully saturated rings. The van der Waals surface area contributed by atoms with Crippen molar-refractivity contribution in [2.24, 2.45) is 4.52 Å². The molecular formula is C13H13N3O4S. The van der Waals surface area contributed by atoms with Gasteiger partial charge in [-0.2, -0.15) is 0 Å². The van der Waals surface area contributed by atoms with E-state index in [1.165, 1.54) is 18.2 Å². The predicted octanol–water partition coefficient (Wildman–Crippen LogP) is 3.36. The number of nitrogens with zero attached hydrogens (tertiary/aromatic N) is 3. The minimum atomic E-state index is -4.45. The molecule has 0 aromatic heterocycles. The minimum absolute atomic E-state index is 0.138. The number of carboxylic acids is 1. The van der Waals surface area contributed by atoms with Gasteiger partial charge in [0, 0.05) is 15.0 Å². The Morgan fingerprint density at radius 2 is 2.10 bits per heavy atom. The molecule has 0 saturated heterocycles. The van der Waals surface area contributed by atoms with Gasteiger partial charge in [-0.05, 0) is 23.6 Å². The normalized spacial score (nSPS) is 11.6. The lowest BCUT2D eigenvalue weighted by molar-refractivity contribution is 0.0692. The lowest BCUT2D eigenvalue weighted by Crippen LogP contribution is -2.09. The van der Waals surface area contributed by atoms with Gasteiger partial charge < -0.3 is 5.11 Å². The van der Waals surface area contributed by atoms with E-state index in [1.54, 1.807) is 6.08 Å². The van der Waals surface area contributed by atoms with Crippen LogP contribution in [0.15, 0.2) is 46.3 Å². The van der Waals surface area contributed by atoms with Gasteiger partial charge in [0.15, 0.2) is 0 Å². The van der Waals surface area contributed by atoms with Crippen molar-refractivity contribution in [1.82, 2.24) is 0 Å². The molecule has 7 nitrogen and oxygen atoms in total. The van der Waals surface area contributed by atoms with Crippen molar-refractivity contribution in [3.05, 3.63) is 58.5 Å². The highest BCUT2D eigenvalue weighted by Crippen LogP contribution is 2.29. The Hall–Kier alpha value is -2.57. The van der Waals surface area contributed by atoms with Crippen LogP contribution in [0.25, 0.3) is 16.0 Å². The topological polar surface area (TPSA) is 120 Å². The minimum Gasteiger partial charge on any atom is -0.478 e. The average molecular weight is 307 g/mol. The maximum absolute atomic E-state index is 12.1. The third-order valence-corrected chi connectivity index (χ3v) is 3.85. The van der Waals surface area contributed by atoms with Gasteiger partial charge >= 0.3 is 5.97 Å². The van der Waals surface area contributed by atoms with Gasteiger partial charge in [0.25, 0.3) is 10.0 Å². The van der Waals surface area contributed by atoms with Crippen LogP contribution in [0.4, 0.5) is 0 Å². The number of hydrogen-bond acceptors (Lipinski definition) is 3. The molecule has 21 heavy (non-hydrogen) atoms. The zero-order valence-corrected chi connectivity index (χ0v) is 12.0. The van der Waals surface area contributed by atoms with E-state index >= 15 is 0 Å². The highest BCUT2D eigenvalue weighted by Gasteiger charge is 2.25. The summed E-state index contributed by atoms with van der Waals surface area (Å²) in [5.41, 5.74) is 8.51. The summed E-state index contributed by atoms with van der Waals surface area (Å²) in [4.78, 5) is 13.0. The van der Waals surface area contributed by atoms with Crippen LogP contribution in [0.5, 0.6) is 0 Å². The van der Waals surface area contributed by atoms with E-state index in [9.17, 15) is 13.2 Å². The third-order valence-electron chi connectivity index (χ3n) is 2.60. The molecule has 0 bridgehead atoms. The lowest BCUT2D eigenvalue weighted by Gasteiger charge is -2.11. The van der Waals surface area contributed by atoms with Crippen molar-refractivity contribution >= 4 is 21.6 Å². The number of sulfonamides is 1. The molecule has 0 amide bonds. The van der Waals surface area contributed by atoms with E-state index in [0.29, 0.717) is 12.0 Å². The zero-order chi connectivity index (χ0) is 16.0. The van der Waals surface area contributed by atoms with Gasteiger partial charge in [-0.15, -0.1) is 0 Å². The van der Waals surface area contributed by atoms with E-state index in [1.807, 2.05) is 6.92 Å². The Morgan fingerprint density at radius 1 is 1.48 bits per heavy atom. The van der Waals surface area contributed by atoms with Crippen LogP contribution in [-0.4, -0.2) is 19.5 Å². The van der Waals surface area contributed by atoms with Crippen molar-refractivity contribution in [2.75, 3.05) is 0 Å². The second-order valence-corrected chi connectivity index (χ2v) is 5.43. The van der Waals surface area contributed by atoms with Gasteiger partial charge in [0.2, 0.25) is 0 Å². The number of benzene rings is 1. The fourth-order valence-electron chi connectivity index (χ4n) is 1.82. The first kappa shape index (κ1) is 16.5. The SMILES string of the molecule is C=CC(=CCC)c1cccc(C(=O)O)c1S(=O)(=O)N=[N+]=[N-]. The number of allylic oxidation sites excluding steroid dienone is 3. The molecule has 0 unspecified atom stereocenters. The molecule has 0 saturated carbocycles. The van der Waals surface area contributed by atoms with E-state index < -0.39 is 26.5 Å². The van der Waals surface area contributed by atoms with Gasteiger partial charge in [0.05, 0.1) is 10.5 Å². The Morgan fingerprint density at radius 3 is 2.57 bits per heavy atom. The number of rotatable bonds is 6. The van der Waals surface area contributed by atoms with Gasteiger partial charge in [-0.3, -0.25) is 0 Å². The quantitative estimate of drug-likeness (QED) is 0.375. The maximum Gasteiger partial charge on any atom is 0.337 e. The number of carbonyl (C=O) groups is 1. The van der Waals surface area contributed by atoms with Gasteiger partial charge in [0.1, 0.15) is 0 Å². The Labute approximate surface area is 121 Å². The summed E-state index contributed by atoms with van der Waals surface area (Å²) in [7, 11) is -4.45. The summed E-state index contributed by atoms with van der Waals surface area (Å²) in [6.45, 7) is 5.43. The predicted molar refractivity (Wildman–Crippen MR) is 78.2 cm³/mol. The standard InChI is InChI=1S/C13H13N3O4S/c1-3-6-9(4-2)10-7-5-8-11(13(17)18)12(10)21(19,20)16-15-14/h4-8H,2-3H2,1H3,(H,17,18). The first-order chi connectivity index (χ1) is 9.88. The largest absolute Gasteiger partial charge is 0.478 e. The van der Waals surface area contributed by atoms with Crippen molar-refractivity contribution in [3.8, 4) is 0 Å². The number of azide groups is 1. The number of aromatic carboxylic acids is 1. The van der Waals surface area contributed by atoms with Crippen LogP contribution in [0.3, 0.4) is 0 Å². The molecule has 0 radical (unpaired) electrons. The van der Waals surface area contributed by atoms with Crippen LogP contribution < -0.4 is 0 Å². The smallest absolute Gasteiger partial charge is 0.337 e. The average Bonchev–Trinajstić information content (AvgIpc) is 2.43. The summed E-state index contributed by atoms with van der Waals surface area (Å²) in [5.74, 6) is -1.43. The van der Waals surface area contributed by atoms with Crippen LogP contribution >= 0.6 is 0 Å². The Balaban J connectivity index is 3.88. The molecule has 0 aliphatic carbocycles. The summed E-state index contributed by atoms with van der Waals surface area (Å²) < 4.78 is 26.9. The maximum atomic E-state index is 12.1. The molecule has 1 N–H and O–H groups in total. The highest BCUT2D eigenvalue weighted by molar-refractivity contribution is 7.90. The van der Waals surface area contributed by atoms with Gasteiger partial charge in [-0.1, -0.05) is 37.8 Å². The van der Waals surface area contributed by atoms with Crippen LogP contribution in [0.1, 0.15) is 29.3 Å². The molecule has 0 atom stereocenters. The fourth-order valence-corrected chi connectivity index (χ4v) is 2.90. The van der Waals surface area contributed by atoms with Crippen molar-refractivity contribution in [3.63, 3.8) is 0 Å². The van der Waals surface area contributed by atoms with Crippen LogP contribution in [0, 0.1) is 0 Å². The second kappa shape index (κ2) is 6.74. The van der Waals surface area contributed by atoms with Gasteiger partial charge in [-0.25, -0.2) is 13.2 Å². The fraction of sp³-hybridized carbons (Fsp3) is 0.154. The molecule has 1 aromatic carbocycles. The van der Waals surface area contributed by atoms with Crippen LogP contribution in [0.2, 0.25) is 0 Å². The zero-order valence-electron chi connectivity index (χ0n) is 11.2. The molecule has 0 aliphatic rings. The monoisotopic (exact) mass is 307 g/mol. The number of carboxylic acid groups (broad SMARTS) is 1.